The van der Waals surface area contributed by atoms with Crippen LogP contribution in [0.3, 0.4) is 0 Å². The van der Waals surface area contributed by atoms with Gasteiger partial charge in [-0.15, -0.1) is 6.58 Å². The van der Waals surface area contributed by atoms with Crippen LogP contribution in [0.1, 0.15) is 29.3 Å². The Balaban J connectivity index is 2.52. The summed E-state index contributed by atoms with van der Waals surface area (Å²) < 4.78 is 0.918. The molecule has 0 radical (unpaired) electrons. The van der Waals surface area contributed by atoms with Crippen molar-refractivity contribution in [2.45, 2.75) is 25.3 Å². The summed E-state index contributed by atoms with van der Waals surface area (Å²) in [7, 11) is 0. The standard InChI is InChI=1S/C13H12BrN3O/c1-8(2)6-13(16-17-15)7-9-5-10(14)3-4-11(9)12(13)18/h3-5H,1,6-7H2,2H3/t13-/m1/s1. The average molecular weight is 306 g/mol. The van der Waals surface area contributed by atoms with E-state index in [1.54, 1.807) is 6.07 Å². The number of benzene rings is 1. The maximum absolute atomic E-state index is 12.4. The van der Waals surface area contributed by atoms with E-state index in [2.05, 4.69) is 32.5 Å². The predicted octanol–water partition coefficient (Wildman–Crippen LogP) is 4.20. The molecule has 0 bridgehead atoms. The van der Waals surface area contributed by atoms with Crippen LogP contribution in [0.2, 0.25) is 0 Å². The monoisotopic (exact) mass is 305 g/mol. The van der Waals surface area contributed by atoms with Crippen molar-refractivity contribution in [1.29, 1.82) is 0 Å². The highest BCUT2D eigenvalue weighted by Crippen LogP contribution is 2.38. The summed E-state index contributed by atoms with van der Waals surface area (Å²) >= 11 is 3.38. The number of hydrogen-bond acceptors (Lipinski definition) is 2. The Kier molecular flexibility index (Phi) is 3.28. The Morgan fingerprint density at radius 2 is 2.39 bits per heavy atom. The number of carbonyl (C=O) groups is 1. The van der Waals surface area contributed by atoms with Gasteiger partial charge in [-0.25, -0.2) is 0 Å². The van der Waals surface area contributed by atoms with E-state index in [-0.39, 0.29) is 5.78 Å². The molecule has 0 fully saturated rings. The number of rotatable bonds is 3. The zero-order valence-electron chi connectivity index (χ0n) is 9.98. The third-order valence-electron chi connectivity index (χ3n) is 3.05. The molecule has 1 aliphatic carbocycles. The molecule has 1 aliphatic rings. The van der Waals surface area contributed by atoms with E-state index in [0.717, 1.165) is 15.6 Å². The molecule has 0 saturated heterocycles. The maximum Gasteiger partial charge on any atom is 0.175 e. The van der Waals surface area contributed by atoms with E-state index in [1.165, 1.54) is 0 Å². The van der Waals surface area contributed by atoms with Crippen LogP contribution in [0.4, 0.5) is 0 Å². The zero-order valence-corrected chi connectivity index (χ0v) is 11.6. The number of carbonyl (C=O) groups excluding carboxylic acids is 1. The number of hydrogen-bond donors (Lipinski definition) is 0. The molecular formula is C13H12BrN3O. The summed E-state index contributed by atoms with van der Waals surface area (Å²) in [4.78, 5) is 15.3. The topological polar surface area (TPSA) is 65.8 Å². The summed E-state index contributed by atoms with van der Waals surface area (Å²) in [6.07, 6.45) is 0.833. The van der Waals surface area contributed by atoms with Gasteiger partial charge in [-0.2, -0.15) is 0 Å². The van der Waals surface area contributed by atoms with Crippen molar-refractivity contribution in [3.8, 4) is 0 Å². The van der Waals surface area contributed by atoms with Gasteiger partial charge >= 0.3 is 0 Å². The Bertz CT molecular complexity index is 590. The van der Waals surface area contributed by atoms with Crippen LogP contribution in [-0.2, 0) is 6.42 Å². The van der Waals surface area contributed by atoms with E-state index in [1.807, 2.05) is 19.1 Å². The molecule has 0 saturated carbocycles. The number of Topliss-reactive ketones (excluding diaryl/α,β-unsaturated/α-hetero) is 1. The molecule has 92 valence electrons. The van der Waals surface area contributed by atoms with Gasteiger partial charge in [0.15, 0.2) is 5.78 Å². The van der Waals surface area contributed by atoms with Crippen molar-refractivity contribution in [2.75, 3.05) is 0 Å². The minimum absolute atomic E-state index is 0.106. The fourth-order valence-electron chi connectivity index (χ4n) is 2.42. The Hall–Kier alpha value is -1.58. The lowest BCUT2D eigenvalue weighted by Gasteiger charge is -2.20. The molecule has 5 heteroatoms. The molecule has 18 heavy (non-hydrogen) atoms. The van der Waals surface area contributed by atoms with E-state index < -0.39 is 5.54 Å². The van der Waals surface area contributed by atoms with Gasteiger partial charge < -0.3 is 0 Å². The normalized spacial score (nSPS) is 21.3. The quantitative estimate of drug-likeness (QED) is 0.357. The Morgan fingerprint density at radius 3 is 3.00 bits per heavy atom. The first-order chi connectivity index (χ1) is 8.48. The summed E-state index contributed by atoms with van der Waals surface area (Å²) in [5, 5.41) is 3.78. The van der Waals surface area contributed by atoms with Gasteiger partial charge in [0, 0.05) is 14.9 Å². The van der Waals surface area contributed by atoms with Crippen molar-refractivity contribution in [2.24, 2.45) is 5.11 Å². The van der Waals surface area contributed by atoms with Crippen molar-refractivity contribution >= 4 is 21.7 Å². The predicted molar refractivity (Wildman–Crippen MR) is 73.5 cm³/mol. The summed E-state index contributed by atoms with van der Waals surface area (Å²) in [6.45, 7) is 5.65. The first kappa shape index (κ1) is 12.9. The van der Waals surface area contributed by atoms with E-state index in [4.69, 9.17) is 5.53 Å². The lowest BCUT2D eigenvalue weighted by atomic mass is 9.88. The molecular weight excluding hydrogens is 294 g/mol. The van der Waals surface area contributed by atoms with Crippen LogP contribution in [0, 0.1) is 0 Å². The molecule has 0 unspecified atom stereocenters. The molecule has 1 aromatic rings. The second kappa shape index (κ2) is 4.59. The third-order valence-corrected chi connectivity index (χ3v) is 3.54. The molecule has 0 amide bonds. The maximum atomic E-state index is 12.4. The minimum Gasteiger partial charge on any atom is -0.293 e. The van der Waals surface area contributed by atoms with Crippen LogP contribution >= 0.6 is 15.9 Å². The highest BCUT2D eigenvalue weighted by atomic mass is 79.9. The molecule has 0 aliphatic heterocycles. The SMILES string of the molecule is C=C(C)C[C@@]1(N=[N+]=[N-])Cc2cc(Br)ccc2C1=O. The molecule has 4 nitrogen and oxygen atoms in total. The van der Waals surface area contributed by atoms with Crippen molar-refractivity contribution in [1.82, 2.24) is 0 Å². The van der Waals surface area contributed by atoms with Gasteiger partial charge in [-0.3, -0.25) is 4.79 Å². The lowest BCUT2D eigenvalue weighted by molar-refractivity contribution is 0.0907. The molecule has 1 aromatic carbocycles. The fraction of sp³-hybridized carbons (Fsp3) is 0.308. The first-order valence-corrected chi connectivity index (χ1v) is 6.32. The van der Waals surface area contributed by atoms with Crippen molar-refractivity contribution in [3.05, 3.63) is 56.4 Å². The largest absolute Gasteiger partial charge is 0.293 e. The molecule has 1 atom stereocenters. The molecule has 2 rings (SSSR count). The van der Waals surface area contributed by atoms with E-state index in [9.17, 15) is 4.79 Å². The average Bonchev–Trinajstić information content (AvgIpc) is 2.51. The van der Waals surface area contributed by atoms with Gasteiger partial charge in [-0.1, -0.05) is 26.6 Å². The third kappa shape index (κ3) is 2.07. The van der Waals surface area contributed by atoms with Crippen LogP contribution in [0.15, 0.2) is 39.9 Å². The van der Waals surface area contributed by atoms with Crippen LogP contribution < -0.4 is 0 Å². The summed E-state index contributed by atoms with van der Waals surface area (Å²) in [6, 6.07) is 5.50. The zero-order chi connectivity index (χ0) is 13.3. The molecule has 0 spiro atoms. The van der Waals surface area contributed by atoms with Gasteiger partial charge in [0.2, 0.25) is 0 Å². The number of azide groups is 1. The molecule has 0 N–H and O–H groups in total. The first-order valence-electron chi connectivity index (χ1n) is 5.52. The highest BCUT2D eigenvalue weighted by molar-refractivity contribution is 9.10. The van der Waals surface area contributed by atoms with Gasteiger partial charge in [-0.05, 0) is 49.1 Å². The summed E-state index contributed by atoms with van der Waals surface area (Å²) in [5.74, 6) is -0.106. The van der Waals surface area contributed by atoms with Crippen molar-refractivity contribution < 1.29 is 4.79 Å². The van der Waals surface area contributed by atoms with Gasteiger partial charge in [0.1, 0.15) is 5.54 Å². The van der Waals surface area contributed by atoms with E-state index in [0.29, 0.717) is 18.4 Å². The summed E-state index contributed by atoms with van der Waals surface area (Å²) in [5.41, 5.74) is 10.1. The van der Waals surface area contributed by atoms with Gasteiger partial charge in [0.25, 0.3) is 0 Å². The van der Waals surface area contributed by atoms with E-state index >= 15 is 0 Å². The number of ketones is 1. The minimum atomic E-state index is -1.02. The number of nitrogens with zero attached hydrogens (tertiary/aromatic N) is 3. The Morgan fingerprint density at radius 1 is 1.67 bits per heavy atom. The second-order valence-corrected chi connectivity index (χ2v) is 5.58. The Labute approximate surface area is 113 Å². The van der Waals surface area contributed by atoms with Gasteiger partial charge in [0.05, 0.1) is 0 Å². The second-order valence-electron chi connectivity index (χ2n) is 4.66. The van der Waals surface area contributed by atoms with Crippen LogP contribution in [0.5, 0.6) is 0 Å². The highest BCUT2D eigenvalue weighted by Gasteiger charge is 2.44. The smallest absolute Gasteiger partial charge is 0.175 e. The lowest BCUT2D eigenvalue weighted by Crippen LogP contribution is -2.33. The molecule has 0 heterocycles. The van der Waals surface area contributed by atoms with Crippen LogP contribution in [0.25, 0.3) is 10.4 Å². The van der Waals surface area contributed by atoms with Crippen LogP contribution in [-0.4, -0.2) is 11.3 Å². The fourth-order valence-corrected chi connectivity index (χ4v) is 2.83. The van der Waals surface area contributed by atoms with Crippen molar-refractivity contribution in [3.63, 3.8) is 0 Å². The molecule has 0 aromatic heterocycles. The number of fused-ring (bicyclic) bond motifs is 1. The number of halogens is 1.